The quantitative estimate of drug-likeness (QED) is 0.440. The fraction of sp³-hybridized carbons (Fsp3) is 0.278. The molecule has 0 aliphatic rings. The van der Waals surface area contributed by atoms with Crippen LogP contribution in [0.3, 0.4) is 0 Å². The van der Waals surface area contributed by atoms with Crippen molar-refractivity contribution in [3.63, 3.8) is 0 Å². The zero-order valence-corrected chi connectivity index (χ0v) is 17.4. The molecule has 0 aliphatic carbocycles. The Kier molecular flexibility index (Phi) is 6.99. The molecule has 0 aliphatic heterocycles. The Bertz CT molecular complexity index is 902. The van der Waals surface area contributed by atoms with Gasteiger partial charge in [0.05, 0.1) is 17.1 Å². The van der Waals surface area contributed by atoms with Crippen LogP contribution in [0.4, 0.5) is 4.39 Å². The maximum absolute atomic E-state index is 13.1. The van der Waals surface area contributed by atoms with Gasteiger partial charge in [0.25, 0.3) is 5.91 Å². The summed E-state index contributed by atoms with van der Waals surface area (Å²) in [6.45, 7) is 0.795. The van der Waals surface area contributed by atoms with Crippen molar-refractivity contribution in [1.29, 1.82) is 0 Å². The number of hydrogen-bond donors (Lipinski definition) is 0. The fourth-order valence-electron chi connectivity index (χ4n) is 2.26. The largest absolute Gasteiger partial charge is 0.493 e. The predicted molar refractivity (Wildman–Crippen MR) is 106 cm³/mol. The number of sulfone groups is 1. The van der Waals surface area contributed by atoms with Crippen LogP contribution in [0.25, 0.3) is 0 Å². The van der Waals surface area contributed by atoms with Crippen LogP contribution in [0.5, 0.6) is 5.75 Å². The highest BCUT2D eigenvalue weighted by atomic mass is 127. The monoisotopic (exact) mass is 491 g/mol. The summed E-state index contributed by atoms with van der Waals surface area (Å²) in [5, 5.41) is 0. The average molecular weight is 491 g/mol. The van der Waals surface area contributed by atoms with Crippen molar-refractivity contribution in [2.75, 3.05) is 26.5 Å². The van der Waals surface area contributed by atoms with Gasteiger partial charge in [-0.25, -0.2) is 12.8 Å². The van der Waals surface area contributed by atoms with E-state index < -0.39 is 9.84 Å². The molecule has 0 saturated heterocycles. The minimum Gasteiger partial charge on any atom is -0.493 e. The summed E-state index contributed by atoms with van der Waals surface area (Å²) in [5.74, 6) is -0.0956. The molecule has 0 fully saturated rings. The van der Waals surface area contributed by atoms with Gasteiger partial charge in [-0.1, -0.05) is 6.07 Å². The molecule has 2 rings (SSSR count). The van der Waals surface area contributed by atoms with E-state index in [1.807, 2.05) is 22.6 Å². The van der Waals surface area contributed by atoms with Crippen LogP contribution in [0, 0.1) is 9.39 Å². The molecule has 0 radical (unpaired) electrons. The first-order valence-electron chi connectivity index (χ1n) is 7.82. The Morgan fingerprint density at radius 2 is 1.96 bits per heavy atom. The standard InChI is InChI=1S/C18H19FINO4S/c1-21(18(22)16-8-7-13(19)11-17(16)20)9-4-10-25-14-5-3-6-15(12-14)26(2,23)24/h3,5-8,11-12H,4,9-10H2,1-2H3. The Hall–Kier alpha value is -1.68. The summed E-state index contributed by atoms with van der Waals surface area (Å²) in [6, 6.07) is 10.4. The zero-order valence-electron chi connectivity index (χ0n) is 14.4. The Labute approximate surface area is 166 Å². The maximum atomic E-state index is 13.1. The van der Waals surface area contributed by atoms with Gasteiger partial charge in [-0.15, -0.1) is 0 Å². The van der Waals surface area contributed by atoms with Gasteiger partial charge >= 0.3 is 0 Å². The molecule has 8 heteroatoms. The molecule has 5 nitrogen and oxygen atoms in total. The Morgan fingerprint density at radius 1 is 1.23 bits per heavy atom. The minimum atomic E-state index is -3.28. The summed E-state index contributed by atoms with van der Waals surface area (Å²) >= 11 is 1.94. The molecule has 0 saturated carbocycles. The lowest BCUT2D eigenvalue weighted by atomic mass is 10.2. The number of halogens is 2. The predicted octanol–water partition coefficient (Wildman–Crippen LogP) is 3.37. The van der Waals surface area contributed by atoms with Crippen LogP contribution in [-0.4, -0.2) is 45.7 Å². The summed E-state index contributed by atoms with van der Waals surface area (Å²) in [6.07, 6.45) is 1.71. The van der Waals surface area contributed by atoms with Crippen molar-refractivity contribution in [1.82, 2.24) is 4.90 Å². The molecule has 0 atom stereocenters. The summed E-state index contributed by atoms with van der Waals surface area (Å²) in [4.78, 5) is 14.1. The highest BCUT2D eigenvalue weighted by Gasteiger charge is 2.15. The van der Waals surface area contributed by atoms with Crippen molar-refractivity contribution < 1.29 is 22.3 Å². The number of rotatable bonds is 7. The zero-order chi connectivity index (χ0) is 19.3. The molecule has 0 unspecified atom stereocenters. The van der Waals surface area contributed by atoms with Gasteiger partial charge in [-0.2, -0.15) is 0 Å². The highest BCUT2D eigenvalue weighted by molar-refractivity contribution is 14.1. The van der Waals surface area contributed by atoms with Gasteiger partial charge < -0.3 is 9.64 Å². The molecule has 2 aromatic carbocycles. The van der Waals surface area contributed by atoms with E-state index in [1.54, 1.807) is 24.1 Å². The van der Waals surface area contributed by atoms with E-state index >= 15 is 0 Å². The molecule has 0 bridgehead atoms. The fourth-order valence-corrected chi connectivity index (χ4v) is 3.62. The normalized spacial score (nSPS) is 11.2. The van der Waals surface area contributed by atoms with E-state index in [2.05, 4.69) is 0 Å². The molecule has 1 amide bonds. The summed E-state index contributed by atoms with van der Waals surface area (Å²) in [5.41, 5.74) is 0.455. The number of hydrogen-bond acceptors (Lipinski definition) is 4. The van der Waals surface area contributed by atoms with Gasteiger partial charge in [-0.3, -0.25) is 4.79 Å². The molecule has 0 spiro atoms. The minimum absolute atomic E-state index is 0.187. The first kappa shape index (κ1) is 20.6. The van der Waals surface area contributed by atoms with Crippen LogP contribution in [0.1, 0.15) is 16.8 Å². The Balaban J connectivity index is 1.87. The van der Waals surface area contributed by atoms with Crippen LogP contribution in [0.2, 0.25) is 0 Å². The lowest BCUT2D eigenvalue weighted by Gasteiger charge is -2.18. The molecule has 0 aromatic heterocycles. The molecular weight excluding hydrogens is 472 g/mol. The van der Waals surface area contributed by atoms with Crippen molar-refractivity contribution in [3.05, 3.63) is 57.4 Å². The number of amides is 1. The van der Waals surface area contributed by atoms with Crippen LogP contribution >= 0.6 is 22.6 Å². The third kappa shape index (κ3) is 5.66. The molecule has 140 valence electrons. The van der Waals surface area contributed by atoms with Gasteiger partial charge in [0.15, 0.2) is 9.84 Å². The molecule has 26 heavy (non-hydrogen) atoms. The highest BCUT2D eigenvalue weighted by Crippen LogP contribution is 2.18. The van der Waals surface area contributed by atoms with Gasteiger partial charge in [0.1, 0.15) is 11.6 Å². The van der Waals surface area contributed by atoms with E-state index in [9.17, 15) is 17.6 Å². The molecular formula is C18H19FINO4S. The first-order chi connectivity index (χ1) is 12.2. The van der Waals surface area contributed by atoms with Gasteiger partial charge in [-0.05, 0) is 65.4 Å². The average Bonchev–Trinajstić information content (AvgIpc) is 2.57. The second-order valence-corrected chi connectivity index (χ2v) is 8.98. The van der Waals surface area contributed by atoms with Crippen LogP contribution in [0.15, 0.2) is 47.4 Å². The first-order valence-corrected chi connectivity index (χ1v) is 10.8. The number of benzene rings is 2. The van der Waals surface area contributed by atoms with Gasteiger partial charge in [0, 0.05) is 23.4 Å². The lowest BCUT2D eigenvalue weighted by molar-refractivity contribution is 0.0786. The smallest absolute Gasteiger partial charge is 0.254 e. The van der Waals surface area contributed by atoms with Gasteiger partial charge in [0.2, 0.25) is 0 Å². The number of ether oxygens (including phenoxy) is 1. The molecule has 0 N–H and O–H groups in total. The van der Waals surface area contributed by atoms with Crippen molar-refractivity contribution in [3.8, 4) is 5.75 Å². The van der Waals surface area contributed by atoms with E-state index in [0.29, 0.717) is 34.5 Å². The van der Waals surface area contributed by atoms with E-state index in [1.165, 1.54) is 30.3 Å². The third-order valence-corrected chi connectivity index (χ3v) is 5.65. The van der Waals surface area contributed by atoms with Crippen LogP contribution < -0.4 is 4.74 Å². The lowest BCUT2D eigenvalue weighted by Crippen LogP contribution is -2.29. The van der Waals surface area contributed by atoms with E-state index in [4.69, 9.17) is 4.74 Å². The molecule has 2 aromatic rings. The Morgan fingerprint density at radius 3 is 2.62 bits per heavy atom. The molecule has 0 heterocycles. The maximum Gasteiger partial charge on any atom is 0.254 e. The SMILES string of the molecule is CN(CCCOc1cccc(S(C)(=O)=O)c1)C(=O)c1ccc(F)cc1I. The second-order valence-electron chi connectivity index (χ2n) is 5.80. The van der Waals surface area contributed by atoms with E-state index in [0.717, 1.165) is 6.26 Å². The number of carbonyl (C=O) groups excluding carboxylic acids is 1. The number of carbonyl (C=O) groups is 1. The summed E-state index contributed by atoms with van der Waals surface area (Å²) in [7, 11) is -1.61. The number of nitrogens with zero attached hydrogens (tertiary/aromatic N) is 1. The summed E-state index contributed by atoms with van der Waals surface area (Å²) < 4.78 is 42.3. The topological polar surface area (TPSA) is 63.7 Å². The van der Waals surface area contributed by atoms with Crippen LogP contribution in [-0.2, 0) is 9.84 Å². The van der Waals surface area contributed by atoms with Crippen molar-refractivity contribution in [2.45, 2.75) is 11.3 Å². The van der Waals surface area contributed by atoms with E-state index in [-0.39, 0.29) is 16.6 Å². The van der Waals surface area contributed by atoms with Crippen molar-refractivity contribution >= 4 is 38.3 Å². The second kappa shape index (κ2) is 8.81. The third-order valence-electron chi connectivity index (χ3n) is 3.65. The van der Waals surface area contributed by atoms with Crippen molar-refractivity contribution in [2.24, 2.45) is 0 Å².